The Morgan fingerprint density at radius 2 is 1.45 bits per heavy atom. The molecule has 2 aliphatic rings. The SMILES string of the molecule is CC1(C)OB([C@@H](Cc2cccc(F)c2)B2Nc3cccc4cccc(c34)N2)OC1(C)C. The van der Waals surface area contributed by atoms with Gasteiger partial charge in [0.1, 0.15) is 5.82 Å². The van der Waals surface area contributed by atoms with Crippen LogP contribution in [-0.4, -0.2) is 25.3 Å². The second kappa shape index (κ2) is 7.28. The molecule has 0 bridgehead atoms. The summed E-state index contributed by atoms with van der Waals surface area (Å²) < 4.78 is 26.8. The first-order valence-electron chi connectivity index (χ1n) is 10.9. The van der Waals surface area contributed by atoms with Crippen molar-refractivity contribution in [1.82, 2.24) is 0 Å². The lowest BCUT2D eigenvalue weighted by molar-refractivity contribution is 0.00578. The molecule has 0 spiro atoms. The van der Waals surface area contributed by atoms with E-state index in [1.807, 2.05) is 6.07 Å². The minimum atomic E-state index is -0.442. The van der Waals surface area contributed by atoms with Gasteiger partial charge in [0.15, 0.2) is 0 Å². The molecule has 158 valence electrons. The number of rotatable bonds is 4. The number of hydrogen-bond acceptors (Lipinski definition) is 4. The molecule has 3 aromatic rings. The largest absolute Gasteiger partial charge is 0.457 e. The maximum Gasteiger partial charge on any atom is 0.457 e. The zero-order valence-electron chi connectivity index (χ0n) is 18.4. The first kappa shape index (κ1) is 20.4. The van der Waals surface area contributed by atoms with Gasteiger partial charge in [0.2, 0.25) is 0 Å². The molecule has 3 aromatic carbocycles. The summed E-state index contributed by atoms with van der Waals surface area (Å²) in [5.74, 6) is -0.232. The lowest BCUT2D eigenvalue weighted by Gasteiger charge is -2.32. The molecular weight excluding hydrogens is 389 g/mol. The van der Waals surface area contributed by atoms with E-state index in [0.717, 1.165) is 16.9 Å². The minimum absolute atomic E-state index is 0.0912. The van der Waals surface area contributed by atoms with E-state index < -0.39 is 18.3 Å². The number of halogens is 1. The molecule has 2 aliphatic heterocycles. The highest BCUT2D eigenvalue weighted by atomic mass is 19.1. The fourth-order valence-corrected chi connectivity index (χ4v) is 4.54. The summed E-state index contributed by atoms with van der Waals surface area (Å²) >= 11 is 0. The second-order valence-electron chi connectivity index (χ2n) is 9.60. The van der Waals surface area contributed by atoms with Gasteiger partial charge < -0.3 is 19.8 Å². The van der Waals surface area contributed by atoms with Crippen LogP contribution in [0, 0.1) is 5.82 Å². The summed E-state index contributed by atoms with van der Waals surface area (Å²) in [6.45, 7) is 8.10. The molecule has 2 N–H and O–H groups in total. The van der Waals surface area contributed by atoms with E-state index in [4.69, 9.17) is 9.31 Å². The van der Waals surface area contributed by atoms with Gasteiger partial charge in [-0.3, -0.25) is 0 Å². The third kappa shape index (κ3) is 3.60. The average Bonchev–Trinajstić information content (AvgIpc) is 2.93. The fourth-order valence-electron chi connectivity index (χ4n) is 4.54. The average molecular weight is 416 g/mol. The summed E-state index contributed by atoms with van der Waals surface area (Å²) in [5.41, 5.74) is 2.11. The van der Waals surface area contributed by atoms with E-state index >= 15 is 0 Å². The van der Waals surface area contributed by atoms with Gasteiger partial charge in [0.25, 0.3) is 0 Å². The van der Waals surface area contributed by atoms with Crippen LogP contribution in [-0.2, 0) is 15.7 Å². The van der Waals surface area contributed by atoms with Crippen LogP contribution in [0.4, 0.5) is 15.8 Å². The Balaban J connectivity index is 1.52. The van der Waals surface area contributed by atoms with Crippen molar-refractivity contribution in [3.05, 3.63) is 72.0 Å². The second-order valence-corrected chi connectivity index (χ2v) is 9.60. The molecule has 1 saturated heterocycles. The van der Waals surface area contributed by atoms with Crippen molar-refractivity contribution < 1.29 is 13.7 Å². The van der Waals surface area contributed by atoms with Crippen LogP contribution < -0.4 is 10.5 Å². The molecule has 0 unspecified atom stereocenters. The summed E-state index contributed by atoms with van der Waals surface area (Å²) in [5, 5.41) is 9.69. The Bertz CT molecular complexity index is 1080. The standard InChI is InChI=1S/C24H27B2FN2O2/c1-23(2)24(3,4)31-26(30-23)21(15-16-8-5-11-18(27)14-16)25-28-19-12-6-9-17-10-7-13-20(29-25)22(17)19/h5-14,21,28-29H,15H2,1-4H3/t21-/m0/s1. The van der Waals surface area contributed by atoms with Crippen LogP contribution in [0.25, 0.3) is 10.8 Å². The number of benzene rings is 3. The molecule has 0 radical (unpaired) electrons. The van der Waals surface area contributed by atoms with Crippen molar-refractivity contribution in [3.63, 3.8) is 0 Å². The molecule has 0 aromatic heterocycles. The van der Waals surface area contributed by atoms with Crippen molar-refractivity contribution in [3.8, 4) is 0 Å². The van der Waals surface area contributed by atoms with E-state index in [-0.39, 0.29) is 18.5 Å². The molecular formula is C24H27B2FN2O2. The Kier molecular flexibility index (Phi) is 4.79. The Labute approximate surface area is 183 Å². The topological polar surface area (TPSA) is 42.5 Å². The van der Waals surface area contributed by atoms with Crippen LogP contribution in [0.2, 0.25) is 5.72 Å². The van der Waals surface area contributed by atoms with E-state index in [2.05, 4.69) is 74.5 Å². The first-order chi connectivity index (χ1) is 14.7. The van der Waals surface area contributed by atoms with Gasteiger partial charge in [-0.25, -0.2) is 4.39 Å². The van der Waals surface area contributed by atoms with Crippen LogP contribution in [0.15, 0.2) is 60.7 Å². The highest BCUT2D eigenvalue weighted by molar-refractivity contribution is 6.80. The van der Waals surface area contributed by atoms with Crippen molar-refractivity contribution in [1.29, 1.82) is 0 Å². The number of nitrogens with one attached hydrogen (secondary N) is 2. The van der Waals surface area contributed by atoms with Crippen LogP contribution in [0.3, 0.4) is 0 Å². The maximum atomic E-state index is 13.9. The smallest absolute Gasteiger partial charge is 0.409 e. The van der Waals surface area contributed by atoms with E-state index in [0.29, 0.717) is 6.42 Å². The van der Waals surface area contributed by atoms with Crippen molar-refractivity contribution in [2.24, 2.45) is 0 Å². The number of anilines is 2. The van der Waals surface area contributed by atoms with Gasteiger partial charge in [0.05, 0.1) is 11.2 Å². The number of hydrogen-bond donors (Lipinski definition) is 2. The summed E-state index contributed by atoms with van der Waals surface area (Å²) in [7, 11) is -0.442. The molecule has 4 nitrogen and oxygen atoms in total. The summed E-state index contributed by atoms with van der Waals surface area (Å²) in [6, 6.07) is 19.3. The third-order valence-electron chi connectivity index (χ3n) is 6.94. The predicted molar refractivity (Wildman–Crippen MR) is 127 cm³/mol. The zero-order chi connectivity index (χ0) is 21.8. The van der Waals surface area contributed by atoms with Crippen molar-refractivity contribution in [2.75, 3.05) is 10.5 Å². The van der Waals surface area contributed by atoms with Crippen LogP contribution in [0.5, 0.6) is 0 Å². The Morgan fingerprint density at radius 3 is 2.03 bits per heavy atom. The van der Waals surface area contributed by atoms with Gasteiger partial charge in [-0.05, 0) is 69.3 Å². The third-order valence-corrected chi connectivity index (χ3v) is 6.94. The molecule has 0 saturated carbocycles. The lowest BCUT2D eigenvalue weighted by atomic mass is 9.44. The molecule has 5 rings (SSSR count). The molecule has 7 heteroatoms. The quantitative estimate of drug-likeness (QED) is 0.548. The van der Waals surface area contributed by atoms with Crippen molar-refractivity contribution >= 4 is 36.2 Å². The molecule has 2 heterocycles. The van der Waals surface area contributed by atoms with Crippen molar-refractivity contribution in [2.45, 2.75) is 51.0 Å². The fraction of sp³-hybridized carbons (Fsp3) is 0.333. The van der Waals surface area contributed by atoms with Gasteiger partial charge in [-0.2, -0.15) is 0 Å². The highest BCUT2D eigenvalue weighted by Gasteiger charge is 2.56. The predicted octanol–water partition coefficient (Wildman–Crippen LogP) is 5.55. The molecule has 0 aliphatic carbocycles. The van der Waals surface area contributed by atoms with Crippen LogP contribution in [0.1, 0.15) is 33.3 Å². The minimum Gasteiger partial charge on any atom is -0.409 e. The lowest BCUT2D eigenvalue weighted by Crippen LogP contribution is -2.49. The molecule has 1 atom stereocenters. The maximum absolute atomic E-state index is 13.9. The van der Waals surface area contributed by atoms with Gasteiger partial charge in [0, 0.05) is 22.5 Å². The normalized spacial score (nSPS) is 19.8. The summed E-state index contributed by atoms with van der Waals surface area (Å²) in [6.07, 6.45) is 0.609. The van der Waals surface area contributed by atoms with Crippen LogP contribution >= 0.6 is 0 Å². The zero-order valence-corrected chi connectivity index (χ0v) is 18.4. The molecule has 0 amide bonds. The highest BCUT2D eigenvalue weighted by Crippen LogP contribution is 2.43. The molecule has 1 fully saturated rings. The Morgan fingerprint density at radius 1 is 0.871 bits per heavy atom. The molecule has 31 heavy (non-hydrogen) atoms. The Hall–Kier alpha value is -2.50. The summed E-state index contributed by atoms with van der Waals surface area (Å²) in [4.78, 5) is 0. The van der Waals surface area contributed by atoms with E-state index in [1.165, 1.54) is 16.8 Å². The van der Waals surface area contributed by atoms with E-state index in [1.54, 1.807) is 12.1 Å². The van der Waals surface area contributed by atoms with E-state index in [9.17, 15) is 4.39 Å². The van der Waals surface area contributed by atoms with Gasteiger partial charge in [-0.1, -0.05) is 36.4 Å². The monoisotopic (exact) mass is 416 g/mol. The first-order valence-corrected chi connectivity index (χ1v) is 10.9. The van der Waals surface area contributed by atoms with Gasteiger partial charge in [-0.15, -0.1) is 0 Å². The van der Waals surface area contributed by atoms with Gasteiger partial charge >= 0.3 is 14.1 Å².